The lowest BCUT2D eigenvalue weighted by atomic mass is 9.89. The molecule has 0 spiro atoms. The zero-order valence-electron chi connectivity index (χ0n) is 14.9. The first-order valence-corrected chi connectivity index (χ1v) is 8.50. The fraction of sp³-hybridized carbons (Fsp3) is 0.300. The van der Waals surface area contributed by atoms with Crippen LogP contribution >= 0.6 is 0 Å². The molecule has 2 heterocycles. The number of hydrogen-bond acceptors (Lipinski definition) is 4. The van der Waals surface area contributed by atoms with Crippen LogP contribution in [0.3, 0.4) is 0 Å². The average molecular weight is 352 g/mol. The maximum Gasteiger partial charge on any atom is 0.337 e. The van der Waals surface area contributed by atoms with Gasteiger partial charge < -0.3 is 14.8 Å². The fourth-order valence-electron chi connectivity index (χ4n) is 3.80. The molecule has 134 valence electrons. The monoisotopic (exact) mass is 352 g/mol. The number of rotatable bonds is 2. The van der Waals surface area contributed by atoms with E-state index in [1.807, 2.05) is 38.1 Å². The normalized spacial score (nSPS) is 23.6. The van der Waals surface area contributed by atoms with Crippen molar-refractivity contribution in [1.29, 1.82) is 0 Å². The molecule has 26 heavy (non-hydrogen) atoms. The number of carbonyl (C=O) groups excluding carboxylic acids is 2. The Hall–Kier alpha value is -3.02. The quantitative estimate of drug-likeness (QED) is 0.840. The molecule has 1 N–H and O–H groups in total. The van der Waals surface area contributed by atoms with Crippen molar-refractivity contribution in [2.45, 2.75) is 32.0 Å². The van der Waals surface area contributed by atoms with Gasteiger partial charge in [0.2, 0.25) is 0 Å². The van der Waals surface area contributed by atoms with Crippen LogP contribution in [-0.4, -0.2) is 24.8 Å². The van der Waals surface area contributed by atoms with Gasteiger partial charge in [-0.1, -0.05) is 18.2 Å². The second kappa shape index (κ2) is 5.76. The van der Waals surface area contributed by atoms with Gasteiger partial charge in [-0.25, -0.2) is 9.59 Å². The summed E-state index contributed by atoms with van der Waals surface area (Å²) in [5.74, 6) is 0.250. The molecule has 0 unspecified atom stereocenters. The predicted molar refractivity (Wildman–Crippen MR) is 96.4 cm³/mol. The topological polar surface area (TPSA) is 67.9 Å². The molecule has 0 saturated carbocycles. The van der Waals surface area contributed by atoms with E-state index in [-0.39, 0.29) is 12.1 Å². The molecule has 2 aliphatic heterocycles. The number of para-hydroxylation sites is 1. The minimum absolute atomic E-state index is 0.216. The highest BCUT2D eigenvalue weighted by Crippen LogP contribution is 2.46. The zero-order valence-corrected chi connectivity index (χ0v) is 14.9. The summed E-state index contributed by atoms with van der Waals surface area (Å²) < 4.78 is 11.0. The lowest BCUT2D eigenvalue weighted by Gasteiger charge is -2.51. The van der Waals surface area contributed by atoms with E-state index in [2.05, 4.69) is 5.32 Å². The van der Waals surface area contributed by atoms with Crippen LogP contribution in [0, 0.1) is 6.92 Å². The maximum absolute atomic E-state index is 12.9. The van der Waals surface area contributed by atoms with Crippen molar-refractivity contribution in [3.8, 4) is 5.75 Å². The molecular weight excluding hydrogens is 332 g/mol. The number of benzene rings is 2. The smallest absolute Gasteiger partial charge is 0.337 e. The first-order valence-electron chi connectivity index (χ1n) is 8.50. The van der Waals surface area contributed by atoms with Gasteiger partial charge in [0.05, 0.1) is 24.4 Å². The van der Waals surface area contributed by atoms with Gasteiger partial charge in [-0.05, 0) is 43.7 Å². The fourth-order valence-corrected chi connectivity index (χ4v) is 3.80. The summed E-state index contributed by atoms with van der Waals surface area (Å²) >= 11 is 0. The van der Waals surface area contributed by atoms with E-state index in [0.29, 0.717) is 17.7 Å². The van der Waals surface area contributed by atoms with E-state index in [1.165, 1.54) is 7.11 Å². The number of hydrogen-bond donors (Lipinski definition) is 1. The third kappa shape index (κ3) is 2.41. The number of urea groups is 1. The number of nitrogens with zero attached hydrogens (tertiary/aromatic N) is 1. The van der Waals surface area contributed by atoms with Crippen molar-refractivity contribution < 1.29 is 19.1 Å². The lowest BCUT2D eigenvalue weighted by molar-refractivity contribution is 0.0376. The van der Waals surface area contributed by atoms with Crippen LogP contribution in [0.2, 0.25) is 0 Å². The molecule has 0 radical (unpaired) electrons. The molecule has 1 saturated heterocycles. The van der Waals surface area contributed by atoms with Gasteiger partial charge in [0, 0.05) is 12.0 Å². The summed E-state index contributed by atoms with van der Waals surface area (Å²) in [5.41, 5.74) is 2.24. The van der Waals surface area contributed by atoms with Gasteiger partial charge in [0.15, 0.2) is 5.72 Å². The van der Waals surface area contributed by atoms with Crippen LogP contribution in [0.25, 0.3) is 0 Å². The molecule has 2 aliphatic rings. The van der Waals surface area contributed by atoms with E-state index in [4.69, 9.17) is 9.47 Å². The van der Waals surface area contributed by atoms with Crippen LogP contribution in [-0.2, 0) is 4.74 Å². The molecule has 0 aromatic heterocycles. The number of aryl methyl sites for hydroxylation is 1. The van der Waals surface area contributed by atoms with Crippen LogP contribution in [0.15, 0.2) is 42.5 Å². The van der Waals surface area contributed by atoms with Crippen molar-refractivity contribution in [1.82, 2.24) is 5.32 Å². The SMILES string of the molecule is COC(=O)c1ccc2c(c1)[C@@H]1C[C@](C)(O2)N(c2ccccc2C)C(=O)N1. The minimum Gasteiger partial charge on any atom is -0.467 e. The summed E-state index contributed by atoms with van der Waals surface area (Å²) in [6, 6.07) is 12.5. The van der Waals surface area contributed by atoms with Gasteiger partial charge in [-0.15, -0.1) is 0 Å². The molecule has 2 bridgehead atoms. The predicted octanol–water partition coefficient (Wildman–Crippen LogP) is 3.55. The molecule has 2 atom stereocenters. The van der Waals surface area contributed by atoms with Crippen molar-refractivity contribution in [3.05, 3.63) is 59.2 Å². The Labute approximate surface area is 151 Å². The summed E-state index contributed by atoms with van der Waals surface area (Å²) in [7, 11) is 1.35. The number of ether oxygens (including phenoxy) is 2. The van der Waals surface area contributed by atoms with E-state index in [1.54, 1.807) is 23.1 Å². The highest BCUT2D eigenvalue weighted by atomic mass is 16.5. The highest BCUT2D eigenvalue weighted by molar-refractivity contribution is 5.96. The number of esters is 1. The summed E-state index contributed by atoms with van der Waals surface area (Å²) in [4.78, 5) is 26.4. The Morgan fingerprint density at radius 1 is 1.31 bits per heavy atom. The number of amides is 2. The Morgan fingerprint density at radius 3 is 2.81 bits per heavy atom. The number of fused-ring (bicyclic) bond motifs is 4. The lowest BCUT2D eigenvalue weighted by Crippen LogP contribution is -2.65. The number of anilines is 1. The van der Waals surface area contributed by atoms with Crippen LogP contribution < -0.4 is 15.0 Å². The van der Waals surface area contributed by atoms with Crippen molar-refractivity contribution in [2.75, 3.05) is 12.0 Å². The number of methoxy groups -OCH3 is 1. The zero-order chi connectivity index (χ0) is 18.5. The van der Waals surface area contributed by atoms with Gasteiger partial charge in [-0.3, -0.25) is 4.90 Å². The third-order valence-electron chi connectivity index (χ3n) is 5.05. The Balaban J connectivity index is 1.78. The molecule has 0 aliphatic carbocycles. The maximum atomic E-state index is 12.9. The molecule has 2 aromatic carbocycles. The number of nitrogens with one attached hydrogen (secondary N) is 1. The molecule has 6 heteroatoms. The molecule has 6 nitrogen and oxygen atoms in total. The van der Waals surface area contributed by atoms with Crippen molar-refractivity contribution in [2.24, 2.45) is 0 Å². The van der Waals surface area contributed by atoms with E-state index in [0.717, 1.165) is 16.8 Å². The minimum atomic E-state index is -0.807. The second-order valence-corrected chi connectivity index (χ2v) is 6.85. The standard InChI is InChI=1S/C20H20N2O4/c1-12-6-4-5-7-16(12)22-19(24)21-15-11-20(22,2)26-17-9-8-13(10-14(15)17)18(23)25-3/h4-10,15H,11H2,1-3H3,(H,21,24)/t15-,20-/m0/s1. The summed E-state index contributed by atoms with van der Waals surface area (Å²) in [6.45, 7) is 3.89. The summed E-state index contributed by atoms with van der Waals surface area (Å²) in [5, 5.41) is 3.04. The average Bonchev–Trinajstić information content (AvgIpc) is 2.61. The highest BCUT2D eigenvalue weighted by Gasteiger charge is 2.50. The second-order valence-electron chi connectivity index (χ2n) is 6.85. The third-order valence-corrected chi connectivity index (χ3v) is 5.05. The molecule has 2 amide bonds. The van der Waals surface area contributed by atoms with Crippen LogP contribution in [0.4, 0.5) is 10.5 Å². The van der Waals surface area contributed by atoms with E-state index >= 15 is 0 Å². The Morgan fingerprint density at radius 2 is 2.08 bits per heavy atom. The largest absolute Gasteiger partial charge is 0.467 e. The van der Waals surface area contributed by atoms with E-state index in [9.17, 15) is 9.59 Å². The van der Waals surface area contributed by atoms with E-state index < -0.39 is 11.7 Å². The first kappa shape index (κ1) is 16.4. The first-order chi connectivity index (χ1) is 12.4. The van der Waals surface area contributed by atoms with Gasteiger partial charge in [-0.2, -0.15) is 0 Å². The molecule has 2 aromatic rings. The van der Waals surface area contributed by atoms with Crippen molar-refractivity contribution >= 4 is 17.7 Å². The van der Waals surface area contributed by atoms with Crippen LogP contribution in [0.5, 0.6) is 5.75 Å². The Bertz CT molecular complexity index is 910. The van der Waals surface area contributed by atoms with Gasteiger partial charge in [0.1, 0.15) is 5.75 Å². The number of carbonyl (C=O) groups is 2. The summed E-state index contributed by atoms with van der Waals surface area (Å²) in [6.07, 6.45) is 0.574. The van der Waals surface area contributed by atoms with Crippen LogP contribution in [0.1, 0.15) is 40.9 Å². The van der Waals surface area contributed by atoms with Crippen molar-refractivity contribution in [3.63, 3.8) is 0 Å². The Kier molecular flexibility index (Phi) is 3.64. The van der Waals surface area contributed by atoms with Gasteiger partial charge >= 0.3 is 12.0 Å². The molecular formula is C20H20N2O4. The molecule has 1 fully saturated rings. The van der Waals surface area contributed by atoms with Gasteiger partial charge in [0.25, 0.3) is 0 Å². The molecule has 4 rings (SSSR count).